The smallest absolute Gasteiger partial charge is 0.0644 e. The number of nitrogens with one attached hydrogen (secondary N) is 1. The van der Waals surface area contributed by atoms with Gasteiger partial charge in [-0.3, -0.25) is 4.68 Å². The lowest BCUT2D eigenvalue weighted by molar-refractivity contribution is 0.512. The summed E-state index contributed by atoms with van der Waals surface area (Å²) in [6.45, 7) is 9.70. The lowest BCUT2D eigenvalue weighted by Crippen LogP contribution is -2.35. The highest BCUT2D eigenvalue weighted by Crippen LogP contribution is 2.24. The molecule has 0 amide bonds. The van der Waals surface area contributed by atoms with Crippen molar-refractivity contribution in [2.24, 2.45) is 0 Å². The van der Waals surface area contributed by atoms with Crippen LogP contribution in [-0.4, -0.2) is 38.8 Å². The Labute approximate surface area is 125 Å². The average molecular weight is 300 g/mol. The topological polar surface area (TPSA) is 29.9 Å². The molecule has 0 aliphatic carbocycles. The molecule has 1 aliphatic heterocycles. The highest BCUT2D eigenvalue weighted by molar-refractivity contribution is 8.03. The summed E-state index contributed by atoms with van der Waals surface area (Å²) in [6.07, 6.45) is 0. The summed E-state index contributed by atoms with van der Waals surface area (Å²) in [5.74, 6) is 5.06. The van der Waals surface area contributed by atoms with Crippen molar-refractivity contribution in [1.82, 2.24) is 15.1 Å². The van der Waals surface area contributed by atoms with E-state index < -0.39 is 0 Å². The van der Waals surface area contributed by atoms with Crippen LogP contribution in [0.3, 0.4) is 0 Å². The third-order valence-corrected chi connectivity index (χ3v) is 6.19. The zero-order chi connectivity index (χ0) is 13.8. The molecule has 19 heavy (non-hydrogen) atoms. The van der Waals surface area contributed by atoms with Crippen LogP contribution in [0.1, 0.15) is 36.8 Å². The number of thioether (sulfide) groups is 2. The lowest BCUT2D eigenvalue weighted by Gasteiger charge is -2.22. The minimum atomic E-state index is 0.393. The van der Waals surface area contributed by atoms with Gasteiger partial charge in [-0.15, -0.1) is 0 Å². The predicted molar refractivity (Wildman–Crippen MR) is 87.4 cm³/mol. The number of hydrogen-bond donors (Lipinski definition) is 1. The number of aromatic nitrogens is 2. The summed E-state index contributed by atoms with van der Waals surface area (Å²) < 4.78 is 2.11. The summed E-state index contributed by atoms with van der Waals surface area (Å²) >= 11 is 4.15. The van der Waals surface area contributed by atoms with Gasteiger partial charge in [0, 0.05) is 52.9 Å². The maximum atomic E-state index is 4.63. The molecule has 1 unspecified atom stereocenters. The Bertz CT molecular complexity index is 409. The second-order valence-electron chi connectivity index (χ2n) is 5.14. The van der Waals surface area contributed by atoms with E-state index in [-0.39, 0.29) is 0 Å². The van der Waals surface area contributed by atoms with Crippen LogP contribution >= 0.6 is 23.5 Å². The first-order valence-corrected chi connectivity index (χ1v) is 9.39. The van der Waals surface area contributed by atoms with E-state index in [0.29, 0.717) is 12.1 Å². The van der Waals surface area contributed by atoms with Gasteiger partial charge in [-0.05, 0) is 27.7 Å². The Morgan fingerprint density at radius 3 is 2.47 bits per heavy atom. The molecule has 1 atom stereocenters. The Balaban J connectivity index is 2.06. The van der Waals surface area contributed by atoms with Crippen molar-refractivity contribution in [2.75, 3.05) is 23.0 Å². The van der Waals surface area contributed by atoms with Gasteiger partial charge < -0.3 is 5.32 Å². The van der Waals surface area contributed by atoms with Crippen LogP contribution < -0.4 is 5.32 Å². The molecule has 0 radical (unpaired) electrons. The standard InChI is InChI=1S/C14H25N3S2/c1-5-17-12(4)14(11(3)16-17)10(2)15-13-8-18-6-7-19-9-13/h10,13,15H,5-9H2,1-4H3. The van der Waals surface area contributed by atoms with Gasteiger partial charge in [0.25, 0.3) is 0 Å². The highest BCUT2D eigenvalue weighted by atomic mass is 32.2. The van der Waals surface area contributed by atoms with Gasteiger partial charge in [0.15, 0.2) is 0 Å². The van der Waals surface area contributed by atoms with E-state index in [2.05, 4.69) is 66.3 Å². The molecule has 1 N–H and O–H groups in total. The van der Waals surface area contributed by atoms with Crippen LogP contribution in [0.15, 0.2) is 0 Å². The minimum Gasteiger partial charge on any atom is -0.306 e. The molecular formula is C14H25N3S2. The van der Waals surface area contributed by atoms with E-state index >= 15 is 0 Å². The van der Waals surface area contributed by atoms with Crippen molar-refractivity contribution in [3.05, 3.63) is 17.0 Å². The van der Waals surface area contributed by atoms with Crippen molar-refractivity contribution in [3.8, 4) is 0 Å². The van der Waals surface area contributed by atoms with Crippen LogP contribution in [0, 0.1) is 13.8 Å². The SMILES string of the molecule is CCn1nc(C)c(C(C)NC2CSCCSC2)c1C. The van der Waals surface area contributed by atoms with Crippen molar-refractivity contribution in [1.29, 1.82) is 0 Å². The summed E-state index contributed by atoms with van der Waals surface area (Å²) in [6, 6.07) is 1.01. The first-order valence-electron chi connectivity index (χ1n) is 7.09. The summed E-state index contributed by atoms with van der Waals surface area (Å²) in [7, 11) is 0. The third-order valence-electron chi connectivity index (χ3n) is 3.67. The fraction of sp³-hybridized carbons (Fsp3) is 0.786. The molecule has 2 heterocycles. The molecule has 1 aromatic heterocycles. The van der Waals surface area contributed by atoms with Crippen LogP contribution in [0.25, 0.3) is 0 Å². The van der Waals surface area contributed by atoms with E-state index in [1.54, 1.807) is 0 Å². The maximum Gasteiger partial charge on any atom is 0.0644 e. The van der Waals surface area contributed by atoms with Gasteiger partial charge in [0.05, 0.1) is 5.69 Å². The second kappa shape index (κ2) is 7.04. The quantitative estimate of drug-likeness (QED) is 0.925. The Kier molecular flexibility index (Phi) is 5.66. The number of rotatable bonds is 4. The van der Waals surface area contributed by atoms with Crippen LogP contribution in [-0.2, 0) is 6.54 Å². The number of nitrogens with zero attached hydrogens (tertiary/aromatic N) is 2. The molecule has 108 valence electrons. The van der Waals surface area contributed by atoms with Crippen molar-refractivity contribution in [2.45, 2.75) is 46.3 Å². The fourth-order valence-corrected chi connectivity index (χ4v) is 5.22. The van der Waals surface area contributed by atoms with Gasteiger partial charge in [0.2, 0.25) is 0 Å². The summed E-state index contributed by atoms with van der Waals surface area (Å²) in [4.78, 5) is 0. The first kappa shape index (κ1) is 15.3. The van der Waals surface area contributed by atoms with Crippen LogP contribution in [0.2, 0.25) is 0 Å². The molecule has 1 fully saturated rings. The monoisotopic (exact) mass is 299 g/mol. The highest BCUT2D eigenvalue weighted by Gasteiger charge is 2.21. The van der Waals surface area contributed by atoms with Crippen molar-refractivity contribution < 1.29 is 0 Å². The normalized spacial score (nSPS) is 19.4. The van der Waals surface area contributed by atoms with Crippen molar-refractivity contribution in [3.63, 3.8) is 0 Å². The Morgan fingerprint density at radius 1 is 1.32 bits per heavy atom. The van der Waals surface area contributed by atoms with Gasteiger partial charge in [-0.2, -0.15) is 28.6 Å². The third kappa shape index (κ3) is 3.70. The molecule has 0 aromatic carbocycles. The van der Waals surface area contributed by atoms with Gasteiger partial charge >= 0.3 is 0 Å². The molecule has 5 heteroatoms. The molecule has 0 spiro atoms. The van der Waals surface area contributed by atoms with E-state index in [9.17, 15) is 0 Å². The molecule has 0 bridgehead atoms. The molecule has 1 aromatic rings. The largest absolute Gasteiger partial charge is 0.306 e. The minimum absolute atomic E-state index is 0.393. The van der Waals surface area contributed by atoms with Gasteiger partial charge in [-0.1, -0.05) is 0 Å². The van der Waals surface area contributed by atoms with E-state index in [1.165, 1.54) is 40.0 Å². The number of aryl methyl sites for hydroxylation is 2. The zero-order valence-corrected chi connectivity index (χ0v) is 14.0. The zero-order valence-electron chi connectivity index (χ0n) is 12.4. The predicted octanol–water partition coefficient (Wildman–Crippen LogP) is 3.02. The Morgan fingerprint density at radius 2 is 1.95 bits per heavy atom. The van der Waals surface area contributed by atoms with Gasteiger partial charge in [0.1, 0.15) is 0 Å². The van der Waals surface area contributed by atoms with Crippen molar-refractivity contribution >= 4 is 23.5 Å². The summed E-state index contributed by atoms with van der Waals surface area (Å²) in [5.41, 5.74) is 3.88. The second-order valence-corrected chi connectivity index (χ2v) is 7.44. The average Bonchev–Trinajstić information content (AvgIpc) is 2.57. The Hall–Kier alpha value is -0.130. The molecule has 1 aliphatic rings. The number of hydrogen-bond acceptors (Lipinski definition) is 4. The van der Waals surface area contributed by atoms with E-state index in [1.807, 2.05) is 0 Å². The fourth-order valence-electron chi connectivity index (χ4n) is 2.80. The lowest BCUT2D eigenvalue weighted by atomic mass is 10.1. The molecule has 3 nitrogen and oxygen atoms in total. The molecule has 2 rings (SSSR count). The van der Waals surface area contributed by atoms with E-state index in [0.717, 1.165) is 6.54 Å². The van der Waals surface area contributed by atoms with Crippen LogP contribution in [0.5, 0.6) is 0 Å². The van der Waals surface area contributed by atoms with Crippen LogP contribution in [0.4, 0.5) is 0 Å². The maximum absolute atomic E-state index is 4.63. The molecule has 1 saturated heterocycles. The van der Waals surface area contributed by atoms with Gasteiger partial charge in [-0.25, -0.2) is 0 Å². The first-order chi connectivity index (χ1) is 9.13. The molecule has 0 saturated carbocycles. The van der Waals surface area contributed by atoms with E-state index in [4.69, 9.17) is 0 Å². The molecular weight excluding hydrogens is 274 g/mol. The summed E-state index contributed by atoms with van der Waals surface area (Å²) in [5, 5.41) is 8.43.